The minimum atomic E-state index is -0.288. The van der Waals surface area contributed by atoms with Crippen LogP contribution in [0.15, 0.2) is 18.2 Å². The van der Waals surface area contributed by atoms with Gasteiger partial charge in [-0.2, -0.15) is 5.26 Å². The maximum atomic E-state index is 8.92. The highest BCUT2D eigenvalue weighted by Gasteiger charge is 2.30. The van der Waals surface area contributed by atoms with Crippen LogP contribution in [0, 0.1) is 17.2 Å². The predicted molar refractivity (Wildman–Crippen MR) is 90.8 cm³/mol. The van der Waals surface area contributed by atoms with Crippen LogP contribution in [-0.2, 0) is 6.42 Å². The summed E-state index contributed by atoms with van der Waals surface area (Å²) in [5, 5.41) is 8.92. The van der Waals surface area contributed by atoms with E-state index in [0.29, 0.717) is 24.8 Å². The molecule has 0 aliphatic rings. The topological polar surface area (TPSA) is 42.2 Å². The zero-order valence-electron chi connectivity index (χ0n) is 14.0. The molecule has 1 unspecified atom stereocenters. The Bertz CT molecular complexity index is 510. The van der Waals surface area contributed by atoms with E-state index in [1.54, 1.807) is 0 Å². The van der Waals surface area contributed by atoms with Crippen molar-refractivity contribution in [3.05, 3.63) is 23.8 Å². The van der Waals surface area contributed by atoms with Crippen LogP contribution in [0.25, 0.3) is 0 Å². The van der Waals surface area contributed by atoms with E-state index in [0.717, 1.165) is 29.9 Å². The summed E-state index contributed by atoms with van der Waals surface area (Å²) in [6, 6.07) is 7.88. The van der Waals surface area contributed by atoms with Gasteiger partial charge in [-0.25, -0.2) is 0 Å². The number of hydrogen-bond donors (Lipinski definition) is 0. The standard InChI is InChI=1S/C18H26ClNO2/c1-5-21-16-11-15(7-10-20)12-17(13-16)22-18(4,14(2)3)8-6-9-19/h11-14H,5-9H2,1-4H3. The summed E-state index contributed by atoms with van der Waals surface area (Å²) in [4.78, 5) is 0. The van der Waals surface area contributed by atoms with Crippen molar-refractivity contribution >= 4 is 11.6 Å². The molecule has 0 spiro atoms. The van der Waals surface area contributed by atoms with Gasteiger partial charge in [-0.3, -0.25) is 0 Å². The minimum absolute atomic E-state index is 0.288. The lowest BCUT2D eigenvalue weighted by Gasteiger charge is -2.35. The van der Waals surface area contributed by atoms with Crippen LogP contribution in [0.1, 0.15) is 46.1 Å². The minimum Gasteiger partial charge on any atom is -0.494 e. The lowest BCUT2D eigenvalue weighted by atomic mass is 9.87. The van der Waals surface area contributed by atoms with Crippen molar-refractivity contribution in [2.24, 2.45) is 5.92 Å². The molecule has 0 saturated heterocycles. The maximum absolute atomic E-state index is 8.92. The fourth-order valence-corrected chi connectivity index (χ4v) is 2.41. The molecule has 0 bridgehead atoms. The van der Waals surface area contributed by atoms with Gasteiger partial charge >= 0.3 is 0 Å². The average molecular weight is 324 g/mol. The molecule has 22 heavy (non-hydrogen) atoms. The van der Waals surface area contributed by atoms with Gasteiger partial charge in [-0.1, -0.05) is 13.8 Å². The lowest BCUT2D eigenvalue weighted by molar-refractivity contribution is 0.0312. The highest BCUT2D eigenvalue weighted by molar-refractivity contribution is 6.17. The zero-order chi connectivity index (χ0) is 16.6. The molecule has 0 aromatic heterocycles. The van der Waals surface area contributed by atoms with E-state index in [-0.39, 0.29) is 5.60 Å². The Kier molecular flexibility index (Phi) is 7.55. The highest BCUT2D eigenvalue weighted by Crippen LogP contribution is 2.32. The summed E-state index contributed by atoms with van der Waals surface area (Å²) in [5.41, 5.74) is 0.621. The SMILES string of the molecule is CCOc1cc(CC#N)cc(OC(C)(CCCCl)C(C)C)c1. The Morgan fingerprint density at radius 3 is 2.50 bits per heavy atom. The molecule has 0 N–H and O–H groups in total. The van der Waals surface area contributed by atoms with Gasteiger partial charge in [0.1, 0.15) is 17.1 Å². The van der Waals surface area contributed by atoms with Crippen molar-refractivity contribution in [2.45, 2.75) is 52.6 Å². The second-order valence-electron chi connectivity index (χ2n) is 5.94. The lowest BCUT2D eigenvalue weighted by Crippen LogP contribution is -2.38. The van der Waals surface area contributed by atoms with Gasteiger partial charge in [-0.05, 0) is 50.3 Å². The molecular weight excluding hydrogens is 298 g/mol. The van der Waals surface area contributed by atoms with E-state index in [1.807, 2.05) is 25.1 Å². The third-order valence-electron chi connectivity index (χ3n) is 3.91. The summed E-state index contributed by atoms with van der Waals surface area (Å²) in [6.07, 6.45) is 2.14. The zero-order valence-corrected chi connectivity index (χ0v) is 14.7. The molecule has 0 fully saturated rings. The molecule has 0 heterocycles. The normalized spacial score (nSPS) is 13.5. The third kappa shape index (κ3) is 5.42. The molecular formula is C18H26ClNO2. The van der Waals surface area contributed by atoms with Gasteiger partial charge in [0.25, 0.3) is 0 Å². The van der Waals surface area contributed by atoms with E-state index >= 15 is 0 Å². The third-order valence-corrected chi connectivity index (χ3v) is 4.18. The first-order chi connectivity index (χ1) is 10.4. The van der Waals surface area contributed by atoms with Crippen molar-refractivity contribution in [3.63, 3.8) is 0 Å². The number of ether oxygens (including phenoxy) is 2. The maximum Gasteiger partial charge on any atom is 0.124 e. The molecule has 0 saturated carbocycles. The first-order valence-electron chi connectivity index (χ1n) is 7.84. The number of nitriles is 1. The molecule has 3 nitrogen and oxygen atoms in total. The Morgan fingerprint density at radius 2 is 1.95 bits per heavy atom. The molecule has 1 aromatic rings. The van der Waals surface area contributed by atoms with Crippen LogP contribution in [-0.4, -0.2) is 18.1 Å². The molecule has 1 aromatic carbocycles. The fraction of sp³-hybridized carbons (Fsp3) is 0.611. The molecule has 0 aliphatic heterocycles. The van der Waals surface area contributed by atoms with E-state index in [4.69, 9.17) is 26.3 Å². The highest BCUT2D eigenvalue weighted by atomic mass is 35.5. The van der Waals surface area contributed by atoms with Crippen LogP contribution >= 0.6 is 11.6 Å². The monoisotopic (exact) mass is 323 g/mol. The van der Waals surface area contributed by atoms with Gasteiger partial charge in [-0.15, -0.1) is 11.6 Å². The van der Waals surface area contributed by atoms with E-state index in [9.17, 15) is 0 Å². The first-order valence-corrected chi connectivity index (χ1v) is 8.37. The molecule has 0 amide bonds. The van der Waals surface area contributed by atoms with Crippen LogP contribution in [0.4, 0.5) is 0 Å². The Balaban J connectivity index is 3.04. The van der Waals surface area contributed by atoms with E-state index in [1.165, 1.54) is 0 Å². The second-order valence-corrected chi connectivity index (χ2v) is 6.32. The van der Waals surface area contributed by atoms with E-state index < -0.39 is 0 Å². The predicted octanol–water partition coefficient (Wildman–Crippen LogP) is 4.96. The number of halogens is 1. The summed E-state index contributed by atoms with van der Waals surface area (Å²) in [5.74, 6) is 2.48. The van der Waals surface area contributed by atoms with Crippen molar-refractivity contribution in [2.75, 3.05) is 12.5 Å². The van der Waals surface area contributed by atoms with E-state index in [2.05, 4.69) is 26.8 Å². The first kappa shape index (κ1) is 18.6. The molecule has 4 heteroatoms. The van der Waals surface area contributed by atoms with Crippen LogP contribution in [0.2, 0.25) is 0 Å². The summed E-state index contributed by atoms with van der Waals surface area (Å²) in [7, 11) is 0. The van der Waals surface area contributed by atoms with Crippen molar-refractivity contribution < 1.29 is 9.47 Å². The quantitative estimate of drug-likeness (QED) is 0.603. The van der Waals surface area contributed by atoms with Gasteiger partial charge in [0, 0.05) is 11.9 Å². The number of nitrogens with zero attached hydrogens (tertiary/aromatic N) is 1. The Hall–Kier alpha value is -1.40. The van der Waals surface area contributed by atoms with Gasteiger partial charge < -0.3 is 9.47 Å². The summed E-state index contributed by atoms with van der Waals surface area (Å²) >= 11 is 5.84. The number of benzene rings is 1. The smallest absolute Gasteiger partial charge is 0.124 e. The summed E-state index contributed by atoms with van der Waals surface area (Å²) in [6.45, 7) is 8.94. The molecule has 1 atom stereocenters. The molecule has 0 radical (unpaired) electrons. The molecule has 0 aliphatic carbocycles. The number of rotatable bonds is 9. The Morgan fingerprint density at radius 1 is 1.27 bits per heavy atom. The second kappa shape index (κ2) is 8.90. The molecule has 1 rings (SSSR count). The molecule has 122 valence electrons. The number of alkyl halides is 1. The average Bonchev–Trinajstić information content (AvgIpc) is 2.45. The largest absolute Gasteiger partial charge is 0.494 e. The van der Waals surface area contributed by atoms with Gasteiger partial charge in [0.2, 0.25) is 0 Å². The summed E-state index contributed by atoms with van der Waals surface area (Å²) < 4.78 is 11.9. The van der Waals surface area contributed by atoms with Crippen molar-refractivity contribution in [1.82, 2.24) is 0 Å². The van der Waals surface area contributed by atoms with Crippen molar-refractivity contribution in [1.29, 1.82) is 5.26 Å². The van der Waals surface area contributed by atoms with Crippen LogP contribution in [0.3, 0.4) is 0 Å². The van der Waals surface area contributed by atoms with Crippen LogP contribution < -0.4 is 9.47 Å². The van der Waals surface area contributed by atoms with Gasteiger partial charge in [0.05, 0.1) is 19.1 Å². The van der Waals surface area contributed by atoms with Gasteiger partial charge in [0.15, 0.2) is 0 Å². The van der Waals surface area contributed by atoms with Crippen LogP contribution in [0.5, 0.6) is 11.5 Å². The van der Waals surface area contributed by atoms with Crippen molar-refractivity contribution in [3.8, 4) is 17.6 Å². The number of hydrogen-bond acceptors (Lipinski definition) is 3. The Labute approximate surface area is 139 Å². The fourth-order valence-electron chi connectivity index (χ4n) is 2.28.